The third-order valence-electron chi connectivity index (χ3n) is 4.61. The highest BCUT2D eigenvalue weighted by atomic mass is 16.5. The number of ether oxygens (including phenoxy) is 4. The van der Waals surface area contributed by atoms with Crippen LogP contribution in [0.4, 0.5) is 0 Å². The van der Waals surface area contributed by atoms with E-state index < -0.39 is 0 Å². The molecule has 0 atom stereocenters. The third kappa shape index (κ3) is 4.41. The van der Waals surface area contributed by atoms with Crippen LogP contribution in [0.2, 0.25) is 0 Å². The number of nitrogens with zero attached hydrogens (tertiary/aromatic N) is 1. The van der Waals surface area contributed by atoms with Gasteiger partial charge in [-0.1, -0.05) is 5.92 Å². The van der Waals surface area contributed by atoms with E-state index in [9.17, 15) is 4.79 Å². The van der Waals surface area contributed by atoms with Crippen LogP contribution in [0.5, 0.6) is 23.0 Å². The van der Waals surface area contributed by atoms with Crippen LogP contribution in [0.25, 0.3) is 0 Å². The second-order valence-corrected chi connectivity index (χ2v) is 6.26. The molecule has 0 fully saturated rings. The maximum Gasteiger partial charge on any atom is 0.211 e. The fraction of sp³-hybridized carbons (Fsp3) is 0.333. The summed E-state index contributed by atoms with van der Waals surface area (Å²) in [6.07, 6.45) is 0. The molecule has 0 heterocycles. The minimum Gasteiger partial charge on any atom is -0.495 e. The van der Waals surface area contributed by atoms with Crippen molar-refractivity contribution in [3.05, 3.63) is 46.5 Å². The summed E-state index contributed by atoms with van der Waals surface area (Å²) in [4.78, 5) is 18.0. The molecule has 0 radical (unpaired) electrons. The first-order valence-electron chi connectivity index (χ1n) is 9.47. The lowest BCUT2D eigenvalue weighted by Gasteiger charge is -2.16. The Kier molecular flexibility index (Phi) is 7.88. The van der Waals surface area contributed by atoms with Crippen molar-refractivity contribution >= 4 is 11.5 Å². The molecule has 0 aliphatic carbocycles. The normalized spacial score (nSPS) is 10.7. The number of benzene rings is 2. The van der Waals surface area contributed by atoms with Gasteiger partial charge in [-0.05, 0) is 50.6 Å². The second kappa shape index (κ2) is 10.4. The maximum absolute atomic E-state index is 13.5. The molecule has 2 aromatic carbocycles. The molecule has 0 saturated heterocycles. The number of carbonyl (C=O) groups is 1. The first-order valence-corrected chi connectivity index (χ1v) is 9.47. The Labute approximate surface area is 177 Å². The summed E-state index contributed by atoms with van der Waals surface area (Å²) < 4.78 is 21.6. The minimum absolute atomic E-state index is 0.250. The molecular weight excluding hydrogens is 382 g/mol. The van der Waals surface area contributed by atoms with Crippen LogP contribution in [0.1, 0.15) is 40.9 Å². The lowest BCUT2D eigenvalue weighted by atomic mass is 9.93. The van der Waals surface area contributed by atoms with E-state index in [0.29, 0.717) is 46.4 Å². The van der Waals surface area contributed by atoms with Crippen molar-refractivity contribution in [1.29, 1.82) is 0 Å². The van der Waals surface area contributed by atoms with E-state index >= 15 is 0 Å². The fourth-order valence-electron chi connectivity index (χ4n) is 3.18. The minimum atomic E-state index is -0.250. The van der Waals surface area contributed by atoms with Gasteiger partial charge in [-0.15, -0.1) is 5.92 Å². The molecule has 0 spiro atoms. The Bertz CT molecular complexity index is 1000. The lowest BCUT2D eigenvalue weighted by molar-refractivity contribution is 0.106. The van der Waals surface area contributed by atoms with E-state index in [0.717, 1.165) is 11.1 Å². The Balaban J connectivity index is 2.68. The number of hydrogen-bond donors (Lipinski definition) is 0. The van der Waals surface area contributed by atoms with Gasteiger partial charge in [0.2, 0.25) is 11.5 Å². The standard InChI is InChI=1S/C24H27NO5/c1-8-10-17-15(3)18(11-12-19(17)27-4)22(25-9-2)23(26)16-13-20(28-5)24(30-7)21(14-16)29-6/h11-14H,9H2,1-7H3. The predicted molar refractivity (Wildman–Crippen MR) is 118 cm³/mol. The average molecular weight is 409 g/mol. The van der Waals surface area contributed by atoms with Gasteiger partial charge >= 0.3 is 0 Å². The van der Waals surface area contributed by atoms with Gasteiger partial charge in [0.1, 0.15) is 11.5 Å². The number of hydrogen-bond acceptors (Lipinski definition) is 6. The SMILES string of the molecule is CC#Cc1c(OC)ccc(C(=NCC)C(=O)c2cc(OC)c(OC)c(OC)c2)c1C. The van der Waals surface area contributed by atoms with Crippen molar-refractivity contribution in [3.8, 4) is 34.8 Å². The van der Waals surface area contributed by atoms with Crippen molar-refractivity contribution in [3.63, 3.8) is 0 Å². The number of aliphatic imine (C=N–C) groups is 1. The Hall–Kier alpha value is -3.46. The van der Waals surface area contributed by atoms with Gasteiger partial charge in [-0.3, -0.25) is 9.79 Å². The number of Topliss-reactive ketones (excluding diaryl/α,β-unsaturated/α-hetero) is 1. The van der Waals surface area contributed by atoms with E-state index in [2.05, 4.69) is 16.8 Å². The number of carbonyl (C=O) groups excluding carboxylic acids is 1. The second-order valence-electron chi connectivity index (χ2n) is 6.26. The maximum atomic E-state index is 13.5. The first-order chi connectivity index (χ1) is 14.5. The fourth-order valence-corrected chi connectivity index (χ4v) is 3.18. The van der Waals surface area contributed by atoms with Crippen molar-refractivity contribution in [2.75, 3.05) is 35.0 Å². The molecule has 0 aliphatic heterocycles. The largest absolute Gasteiger partial charge is 0.495 e. The van der Waals surface area contributed by atoms with E-state index in [1.165, 1.54) is 21.3 Å². The van der Waals surface area contributed by atoms with Gasteiger partial charge < -0.3 is 18.9 Å². The molecule has 158 valence electrons. The molecule has 0 saturated carbocycles. The molecular formula is C24H27NO5. The first kappa shape index (κ1) is 22.8. The molecule has 2 rings (SSSR count). The predicted octanol–water partition coefficient (Wildman–Crippen LogP) is 4.09. The van der Waals surface area contributed by atoms with Gasteiger partial charge in [-0.2, -0.15) is 0 Å². The Morgan fingerprint density at radius 2 is 1.57 bits per heavy atom. The molecule has 30 heavy (non-hydrogen) atoms. The van der Waals surface area contributed by atoms with Gasteiger partial charge in [0.25, 0.3) is 0 Å². The van der Waals surface area contributed by atoms with Crippen LogP contribution in [-0.4, -0.2) is 46.5 Å². The zero-order valence-corrected chi connectivity index (χ0v) is 18.5. The van der Waals surface area contributed by atoms with Crippen molar-refractivity contribution in [2.24, 2.45) is 4.99 Å². The van der Waals surface area contributed by atoms with Crippen LogP contribution in [0, 0.1) is 18.8 Å². The highest BCUT2D eigenvalue weighted by Gasteiger charge is 2.23. The molecule has 6 heteroatoms. The zero-order chi connectivity index (χ0) is 22.3. The third-order valence-corrected chi connectivity index (χ3v) is 4.61. The highest BCUT2D eigenvalue weighted by Crippen LogP contribution is 2.38. The summed E-state index contributed by atoms with van der Waals surface area (Å²) in [5, 5.41) is 0. The summed E-state index contributed by atoms with van der Waals surface area (Å²) in [5.74, 6) is 7.60. The summed E-state index contributed by atoms with van der Waals surface area (Å²) >= 11 is 0. The van der Waals surface area contributed by atoms with E-state index in [1.807, 2.05) is 19.9 Å². The molecule has 0 bridgehead atoms. The van der Waals surface area contributed by atoms with E-state index in [1.54, 1.807) is 32.2 Å². The van der Waals surface area contributed by atoms with E-state index in [-0.39, 0.29) is 5.78 Å². The summed E-state index contributed by atoms with van der Waals surface area (Å²) in [7, 11) is 6.13. The van der Waals surface area contributed by atoms with Crippen LogP contribution < -0.4 is 18.9 Å². The van der Waals surface area contributed by atoms with Gasteiger partial charge in [0.05, 0.1) is 34.0 Å². The topological polar surface area (TPSA) is 66.4 Å². The number of ketones is 1. The van der Waals surface area contributed by atoms with Gasteiger partial charge in [-0.25, -0.2) is 0 Å². The van der Waals surface area contributed by atoms with Crippen molar-refractivity contribution < 1.29 is 23.7 Å². The van der Waals surface area contributed by atoms with E-state index in [4.69, 9.17) is 18.9 Å². The highest BCUT2D eigenvalue weighted by molar-refractivity contribution is 6.51. The summed E-state index contributed by atoms with van der Waals surface area (Å²) in [6.45, 7) is 6.00. The van der Waals surface area contributed by atoms with Crippen LogP contribution in [-0.2, 0) is 0 Å². The molecule has 0 aliphatic rings. The van der Waals surface area contributed by atoms with Gasteiger partial charge in [0, 0.05) is 17.7 Å². The molecule has 0 N–H and O–H groups in total. The number of rotatable bonds is 8. The molecule has 0 amide bonds. The Morgan fingerprint density at radius 1 is 0.967 bits per heavy atom. The van der Waals surface area contributed by atoms with Crippen molar-refractivity contribution in [1.82, 2.24) is 0 Å². The number of methoxy groups -OCH3 is 4. The quantitative estimate of drug-likeness (QED) is 0.373. The van der Waals surface area contributed by atoms with Crippen LogP contribution in [0.3, 0.4) is 0 Å². The van der Waals surface area contributed by atoms with Crippen molar-refractivity contribution in [2.45, 2.75) is 20.8 Å². The monoisotopic (exact) mass is 409 g/mol. The molecule has 0 unspecified atom stereocenters. The molecule has 2 aromatic rings. The smallest absolute Gasteiger partial charge is 0.211 e. The lowest BCUT2D eigenvalue weighted by Crippen LogP contribution is -2.19. The summed E-state index contributed by atoms with van der Waals surface area (Å²) in [5.41, 5.74) is 2.99. The molecule has 0 aromatic heterocycles. The summed E-state index contributed by atoms with van der Waals surface area (Å²) in [6, 6.07) is 6.88. The van der Waals surface area contributed by atoms with Gasteiger partial charge in [0.15, 0.2) is 11.5 Å². The van der Waals surface area contributed by atoms with Crippen LogP contribution >= 0.6 is 0 Å². The Morgan fingerprint density at radius 3 is 2.03 bits per heavy atom. The zero-order valence-electron chi connectivity index (χ0n) is 18.5. The van der Waals surface area contributed by atoms with Crippen LogP contribution in [0.15, 0.2) is 29.3 Å². The molecule has 6 nitrogen and oxygen atoms in total. The average Bonchev–Trinajstić information content (AvgIpc) is 2.77.